The maximum absolute atomic E-state index is 13.1. The molecule has 1 aliphatic carbocycles. The predicted molar refractivity (Wildman–Crippen MR) is 158 cm³/mol. The van der Waals surface area contributed by atoms with Crippen LogP contribution >= 0.6 is 0 Å². The highest BCUT2D eigenvalue weighted by Gasteiger charge is 2.29. The van der Waals surface area contributed by atoms with Crippen molar-refractivity contribution in [3.63, 3.8) is 0 Å². The van der Waals surface area contributed by atoms with Crippen molar-refractivity contribution in [3.05, 3.63) is 110 Å². The van der Waals surface area contributed by atoms with Crippen molar-refractivity contribution >= 4 is 22.9 Å². The summed E-state index contributed by atoms with van der Waals surface area (Å²) < 4.78 is 2.97. The Bertz CT molecular complexity index is 1820. The van der Waals surface area contributed by atoms with Crippen LogP contribution in [0.5, 0.6) is 0 Å². The molecule has 0 unspecified atom stereocenters. The number of amides is 1. The maximum Gasteiger partial charge on any atom is 0.333 e. The molecule has 1 amide bonds. The zero-order valence-electron chi connectivity index (χ0n) is 22.8. The van der Waals surface area contributed by atoms with Crippen LogP contribution in [0.2, 0.25) is 0 Å². The molecule has 0 radical (unpaired) electrons. The highest BCUT2D eigenvalue weighted by atomic mass is 16.2. The monoisotopic (exact) mass is 549 g/mol. The quantitative estimate of drug-likeness (QED) is 0.239. The summed E-state index contributed by atoms with van der Waals surface area (Å²) in [6.45, 7) is 3.48. The number of carbonyl (C=O) groups is 1. The largest absolute Gasteiger partial charge is 0.366 e. The second-order valence-corrected chi connectivity index (χ2v) is 10.3. The molecule has 2 aromatic carbocycles. The zero-order valence-corrected chi connectivity index (χ0v) is 22.8. The molecular weight excluding hydrogens is 518 g/mol. The van der Waals surface area contributed by atoms with Crippen LogP contribution < -0.4 is 21.9 Å². The molecular formula is C31H31N7O3. The van der Waals surface area contributed by atoms with Crippen molar-refractivity contribution in [2.45, 2.75) is 51.9 Å². The summed E-state index contributed by atoms with van der Waals surface area (Å²) in [6.07, 6.45) is 4.15. The summed E-state index contributed by atoms with van der Waals surface area (Å²) >= 11 is 0. The van der Waals surface area contributed by atoms with Gasteiger partial charge >= 0.3 is 5.69 Å². The smallest absolute Gasteiger partial charge is 0.333 e. The minimum absolute atomic E-state index is 0.0185. The lowest BCUT2D eigenvalue weighted by atomic mass is 10.1. The molecule has 0 spiro atoms. The summed E-state index contributed by atoms with van der Waals surface area (Å²) in [5, 5.41) is 6.28. The predicted octanol–water partition coefficient (Wildman–Crippen LogP) is 4.24. The van der Waals surface area contributed by atoms with E-state index in [0.717, 1.165) is 36.0 Å². The molecule has 1 saturated carbocycles. The number of nitrogens with zero attached hydrogens (tertiary/aromatic N) is 4. The number of hydrogen-bond acceptors (Lipinski definition) is 6. The molecule has 6 rings (SSSR count). The van der Waals surface area contributed by atoms with Crippen LogP contribution in [-0.2, 0) is 19.6 Å². The van der Waals surface area contributed by atoms with E-state index in [-0.39, 0.29) is 23.2 Å². The van der Waals surface area contributed by atoms with E-state index in [2.05, 4.69) is 25.6 Å². The van der Waals surface area contributed by atoms with Gasteiger partial charge in [0, 0.05) is 43.0 Å². The van der Waals surface area contributed by atoms with Crippen LogP contribution in [0.25, 0.3) is 22.6 Å². The Morgan fingerprint density at radius 3 is 2.49 bits per heavy atom. The van der Waals surface area contributed by atoms with Gasteiger partial charge in [-0.1, -0.05) is 49.4 Å². The first-order valence-corrected chi connectivity index (χ1v) is 13.9. The fraction of sp³-hybridized carbons (Fsp3) is 0.258. The van der Waals surface area contributed by atoms with Crippen molar-refractivity contribution in [3.8, 4) is 11.4 Å². The number of anilines is 1. The topological polar surface area (TPSA) is 127 Å². The fourth-order valence-electron chi connectivity index (χ4n) is 4.91. The Morgan fingerprint density at radius 1 is 1.00 bits per heavy atom. The van der Waals surface area contributed by atoms with Crippen molar-refractivity contribution in [2.75, 3.05) is 5.32 Å². The lowest BCUT2D eigenvalue weighted by Gasteiger charge is -2.09. The van der Waals surface area contributed by atoms with Crippen molar-refractivity contribution < 1.29 is 4.79 Å². The van der Waals surface area contributed by atoms with Crippen LogP contribution in [0.4, 0.5) is 5.82 Å². The van der Waals surface area contributed by atoms with E-state index in [1.807, 2.05) is 61.5 Å². The minimum Gasteiger partial charge on any atom is -0.366 e. The number of rotatable bonds is 10. The van der Waals surface area contributed by atoms with E-state index in [4.69, 9.17) is 0 Å². The standard InChI is InChI=1S/C31H31N7O3/c1-2-15-37-28-26(30(40)38(31(37)41)24-12-13-24)35-27(36-28)23-11-14-25(33-19-23)32-17-20-7-6-8-21(16-20)18-34-29(39)22-9-4-3-5-10-22/h3-11,14,16,19,24H,2,12-13,15,17-18H2,1H3,(H,32,33)(H,34,39)(H,35,36). The van der Waals surface area contributed by atoms with Gasteiger partial charge in [0.05, 0.1) is 0 Å². The summed E-state index contributed by atoms with van der Waals surface area (Å²) in [5.41, 5.74) is 3.54. The zero-order chi connectivity index (χ0) is 28.3. The average molecular weight is 550 g/mol. The molecule has 5 aromatic rings. The minimum atomic E-state index is -0.313. The summed E-state index contributed by atoms with van der Waals surface area (Å²) in [7, 11) is 0. The lowest BCUT2D eigenvalue weighted by molar-refractivity contribution is 0.0951. The molecule has 1 aliphatic rings. The SMILES string of the molecule is CCCn1c(=O)n(C2CC2)c(=O)c2[nH]c(-c3ccc(NCc4cccc(CNC(=O)c5ccccc5)c4)nc3)nc21. The van der Waals surface area contributed by atoms with Gasteiger partial charge in [0.2, 0.25) is 0 Å². The second kappa shape index (κ2) is 11.2. The molecule has 1 fully saturated rings. The maximum atomic E-state index is 13.1. The Hall–Kier alpha value is -4.99. The van der Waals surface area contributed by atoms with Crippen LogP contribution in [0.3, 0.4) is 0 Å². The van der Waals surface area contributed by atoms with Gasteiger partial charge in [-0.25, -0.2) is 14.8 Å². The second-order valence-electron chi connectivity index (χ2n) is 10.3. The van der Waals surface area contributed by atoms with Gasteiger partial charge in [0.1, 0.15) is 17.2 Å². The van der Waals surface area contributed by atoms with Gasteiger partial charge in [0.25, 0.3) is 11.5 Å². The third kappa shape index (κ3) is 5.54. The molecule has 3 aromatic heterocycles. The number of carbonyl (C=O) groups excluding carboxylic acids is 1. The summed E-state index contributed by atoms with van der Waals surface area (Å²) in [4.78, 5) is 50.8. The summed E-state index contributed by atoms with van der Waals surface area (Å²) in [5.74, 6) is 1.08. The molecule has 41 heavy (non-hydrogen) atoms. The molecule has 10 heteroatoms. The Kier molecular flexibility index (Phi) is 7.20. The Labute approximate surface area is 236 Å². The number of hydrogen-bond donors (Lipinski definition) is 3. The number of nitrogens with one attached hydrogen (secondary N) is 3. The molecule has 10 nitrogen and oxygen atoms in total. The van der Waals surface area contributed by atoms with Gasteiger partial charge in [-0.3, -0.25) is 18.7 Å². The number of aryl methyl sites for hydroxylation is 1. The van der Waals surface area contributed by atoms with E-state index >= 15 is 0 Å². The normalized spacial score (nSPS) is 12.9. The molecule has 3 N–H and O–H groups in total. The van der Waals surface area contributed by atoms with E-state index < -0.39 is 0 Å². The van der Waals surface area contributed by atoms with Crippen molar-refractivity contribution in [2.24, 2.45) is 0 Å². The van der Waals surface area contributed by atoms with E-state index in [0.29, 0.717) is 48.0 Å². The molecule has 0 bridgehead atoms. The highest BCUT2D eigenvalue weighted by molar-refractivity contribution is 5.94. The third-order valence-electron chi connectivity index (χ3n) is 7.16. The average Bonchev–Trinajstić information content (AvgIpc) is 3.74. The number of pyridine rings is 1. The Morgan fingerprint density at radius 2 is 1.78 bits per heavy atom. The van der Waals surface area contributed by atoms with Crippen LogP contribution in [0.15, 0.2) is 82.5 Å². The van der Waals surface area contributed by atoms with Gasteiger partial charge in [-0.05, 0) is 54.7 Å². The van der Waals surface area contributed by atoms with Crippen LogP contribution in [-0.4, -0.2) is 30.0 Å². The molecule has 208 valence electrons. The lowest BCUT2D eigenvalue weighted by Crippen LogP contribution is -2.39. The number of aromatic nitrogens is 5. The van der Waals surface area contributed by atoms with E-state index in [1.54, 1.807) is 22.9 Å². The first-order chi connectivity index (χ1) is 20.0. The summed E-state index contributed by atoms with van der Waals surface area (Å²) in [6, 6.07) is 20.9. The van der Waals surface area contributed by atoms with Crippen LogP contribution in [0.1, 0.15) is 53.7 Å². The van der Waals surface area contributed by atoms with E-state index in [1.165, 1.54) is 4.57 Å². The van der Waals surface area contributed by atoms with Gasteiger partial charge in [-0.2, -0.15) is 0 Å². The molecule has 3 heterocycles. The van der Waals surface area contributed by atoms with Gasteiger partial charge in [0.15, 0.2) is 5.65 Å². The fourth-order valence-corrected chi connectivity index (χ4v) is 4.91. The number of benzene rings is 2. The molecule has 0 aliphatic heterocycles. The van der Waals surface area contributed by atoms with Crippen LogP contribution in [0, 0.1) is 0 Å². The first kappa shape index (κ1) is 26.2. The Balaban J connectivity index is 1.14. The molecule has 0 atom stereocenters. The number of fused-ring (bicyclic) bond motifs is 1. The number of H-pyrrole nitrogens is 1. The molecule has 0 saturated heterocycles. The number of aromatic amines is 1. The third-order valence-corrected chi connectivity index (χ3v) is 7.16. The first-order valence-electron chi connectivity index (χ1n) is 13.9. The van der Waals surface area contributed by atoms with Crippen molar-refractivity contribution in [1.82, 2.24) is 29.4 Å². The highest BCUT2D eigenvalue weighted by Crippen LogP contribution is 2.32. The number of imidazole rings is 1. The van der Waals surface area contributed by atoms with Gasteiger partial charge < -0.3 is 15.6 Å². The van der Waals surface area contributed by atoms with Crippen molar-refractivity contribution in [1.29, 1.82) is 0 Å². The van der Waals surface area contributed by atoms with E-state index in [9.17, 15) is 14.4 Å². The van der Waals surface area contributed by atoms with Gasteiger partial charge in [-0.15, -0.1) is 0 Å².